The highest BCUT2D eigenvalue weighted by atomic mass is 16.5. The molecular formula is C18H23NO2. The van der Waals surface area contributed by atoms with E-state index in [0.717, 1.165) is 24.4 Å². The Morgan fingerprint density at radius 1 is 1.19 bits per heavy atom. The molecule has 112 valence electrons. The van der Waals surface area contributed by atoms with Gasteiger partial charge in [0.05, 0.1) is 6.26 Å². The summed E-state index contributed by atoms with van der Waals surface area (Å²) in [5, 5.41) is 0. The number of rotatable bonds is 5. The average molecular weight is 285 g/mol. The number of aryl methyl sites for hydroxylation is 2. The second kappa shape index (κ2) is 6.35. The van der Waals surface area contributed by atoms with E-state index < -0.39 is 0 Å². The van der Waals surface area contributed by atoms with Gasteiger partial charge in [0, 0.05) is 6.04 Å². The Balaban J connectivity index is 1.82. The first-order valence-corrected chi connectivity index (χ1v) is 7.85. The number of nitrogens with two attached hydrogens (primary N) is 1. The number of hydrogen-bond acceptors (Lipinski definition) is 3. The third kappa shape index (κ3) is 3.13. The van der Waals surface area contributed by atoms with Gasteiger partial charge in [-0.25, -0.2) is 0 Å². The number of furan rings is 1. The van der Waals surface area contributed by atoms with E-state index in [9.17, 15) is 0 Å². The van der Waals surface area contributed by atoms with Gasteiger partial charge < -0.3 is 14.9 Å². The van der Waals surface area contributed by atoms with Crippen LogP contribution in [0.15, 0.2) is 41.0 Å². The lowest BCUT2D eigenvalue weighted by Gasteiger charge is -2.24. The maximum atomic E-state index is 6.21. The molecule has 0 spiro atoms. The lowest BCUT2D eigenvalue weighted by Crippen LogP contribution is -2.31. The summed E-state index contributed by atoms with van der Waals surface area (Å²) < 4.78 is 11.7. The number of benzene rings is 1. The normalized spacial score (nSPS) is 17.0. The van der Waals surface area contributed by atoms with Gasteiger partial charge >= 0.3 is 0 Å². The Kier molecular flexibility index (Phi) is 4.30. The first-order valence-electron chi connectivity index (χ1n) is 7.85. The van der Waals surface area contributed by atoms with Crippen molar-refractivity contribution in [2.24, 2.45) is 5.73 Å². The van der Waals surface area contributed by atoms with Crippen molar-refractivity contribution in [3.05, 3.63) is 53.5 Å². The van der Waals surface area contributed by atoms with Crippen molar-refractivity contribution in [3.63, 3.8) is 0 Å². The SMILES string of the molecule is CCC(N)C(Oc1ccc2c(c1)CCCC2)c1ccco1. The van der Waals surface area contributed by atoms with Gasteiger partial charge in [0.25, 0.3) is 0 Å². The van der Waals surface area contributed by atoms with Crippen molar-refractivity contribution in [1.29, 1.82) is 0 Å². The van der Waals surface area contributed by atoms with Crippen LogP contribution in [0, 0.1) is 0 Å². The smallest absolute Gasteiger partial charge is 0.171 e. The Hall–Kier alpha value is -1.74. The minimum absolute atomic E-state index is 0.0767. The van der Waals surface area contributed by atoms with Crippen molar-refractivity contribution >= 4 is 0 Å². The Labute approximate surface area is 126 Å². The van der Waals surface area contributed by atoms with Crippen molar-refractivity contribution in [2.75, 3.05) is 0 Å². The fourth-order valence-corrected chi connectivity index (χ4v) is 2.95. The molecule has 3 nitrogen and oxygen atoms in total. The highest BCUT2D eigenvalue weighted by Gasteiger charge is 2.23. The van der Waals surface area contributed by atoms with Crippen molar-refractivity contribution < 1.29 is 9.15 Å². The van der Waals surface area contributed by atoms with Crippen LogP contribution < -0.4 is 10.5 Å². The molecule has 1 aromatic carbocycles. The lowest BCUT2D eigenvalue weighted by molar-refractivity contribution is 0.144. The Morgan fingerprint density at radius 3 is 2.71 bits per heavy atom. The lowest BCUT2D eigenvalue weighted by atomic mass is 9.92. The molecule has 21 heavy (non-hydrogen) atoms. The molecule has 2 unspecified atom stereocenters. The second-order valence-corrected chi connectivity index (χ2v) is 5.76. The van der Waals surface area contributed by atoms with E-state index in [1.807, 2.05) is 12.1 Å². The molecular weight excluding hydrogens is 262 g/mol. The van der Waals surface area contributed by atoms with Crippen LogP contribution in [0.5, 0.6) is 5.75 Å². The summed E-state index contributed by atoms with van der Waals surface area (Å²) in [6.07, 6.45) is 7.18. The number of hydrogen-bond donors (Lipinski definition) is 1. The summed E-state index contributed by atoms with van der Waals surface area (Å²) in [4.78, 5) is 0. The zero-order valence-corrected chi connectivity index (χ0v) is 12.5. The molecule has 0 aliphatic heterocycles. The molecule has 0 saturated carbocycles. The molecule has 0 fully saturated rings. The van der Waals surface area contributed by atoms with Crippen molar-refractivity contribution in [3.8, 4) is 5.75 Å². The van der Waals surface area contributed by atoms with E-state index in [2.05, 4.69) is 25.1 Å². The Bertz CT molecular complexity index is 577. The largest absolute Gasteiger partial charge is 0.481 e. The standard InChI is InChI=1S/C18H23NO2/c1-2-16(19)18(17-8-5-11-20-17)21-15-10-9-13-6-3-4-7-14(13)12-15/h5,8-12,16,18H,2-4,6-7,19H2,1H3. The van der Waals surface area contributed by atoms with Gasteiger partial charge in [-0.15, -0.1) is 0 Å². The summed E-state index contributed by atoms with van der Waals surface area (Å²) >= 11 is 0. The van der Waals surface area contributed by atoms with Gasteiger partial charge in [0.2, 0.25) is 0 Å². The van der Waals surface area contributed by atoms with Crippen LogP contribution >= 0.6 is 0 Å². The maximum absolute atomic E-state index is 6.21. The summed E-state index contributed by atoms with van der Waals surface area (Å²) in [7, 11) is 0. The first-order chi connectivity index (χ1) is 10.3. The molecule has 2 N–H and O–H groups in total. The third-order valence-corrected chi connectivity index (χ3v) is 4.27. The fourth-order valence-electron chi connectivity index (χ4n) is 2.95. The number of ether oxygens (including phenoxy) is 1. The van der Waals surface area contributed by atoms with Crippen LogP contribution in [-0.2, 0) is 12.8 Å². The average Bonchev–Trinajstić information content (AvgIpc) is 3.06. The van der Waals surface area contributed by atoms with E-state index in [4.69, 9.17) is 14.9 Å². The monoisotopic (exact) mass is 285 g/mol. The first kappa shape index (κ1) is 14.2. The quantitative estimate of drug-likeness (QED) is 0.902. The predicted molar refractivity (Wildman–Crippen MR) is 83.4 cm³/mol. The van der Waals surface area contributed by atoms with E-state index in [1.54, 1.807) is 6.26 Å². The van der Waals surface area contributed by atoms with Crippen molar-refractivity contribution in [2.45, 2.75) is 51.2 Å². The van der Waals surface area contributed by atoms with E-state index in [1.165, 1.54) is 30.4 Å². The van der Waals surface area contributed by atoms with E-state index in [0.29, 0.717) is 0 Å². The molecule has 0 saturated heterocycles. The van der Waals surface area contributed by atoms with Gasteiger partial charge in [-0.2, -0.15) is 0 Å². The molecule has 1 heterocycles. The van der Waals surface area contributed by atoms with Crippen LogP contribution in [-0.4, -0.2) is 6.04 Å². The molecule has 0 bridgehead atoms. The van der Waals surface area contributed by atoms with Gasteiger partial charge in [0.15, 0.2) is 6.10 Å². The zero-order valence-electron chi connectivity index (χ0n) is 12.5. The van der Waals surface area contributed by atoms with E-state index in [-0.39, 0.29) is 12.1 Å². The molecule has 2 atom stereocenters. The van der Waals surface area contributed by atoms with Crippen LogP contribution in [0.4, 0.5) is 0 Å². The van der Waals surface area contributed by atoms with Crippen molar-refractivity contribution in [1.82, 2.24) is 0 Å². The van der Waals surface area contributed by atoms with E-state index >= 15 is 0 Å². The molecule has 1 aromatic heterocycles. The molecule has 3 heteroatoms. The molecule has 1 aliphatic carbocycles. The predicted octanol–water partition coefficient (Wildman–Crippen LogP) is 4.02. The van der Waals surface area contributed by atoms with Gasteiger partial charge in [-0.05, 0) is 67.5 Å². The van der Waals surface area contributed by atoms with Gasteiger partial charge in [0.1, 0.15) is 11.5 Å². The minimum Gasteiger partial charge on any atom is -0.481 e. The molecule has 0 radical (unpaired) electrons. The number of fused-ring (bicyclic) bond motifs is 1. The molecule has 1 aliphatic rings. The molecule has 0 amide bonds. The van der Waals surface area contributed by atoms with Gasteiger partial charge in [-0.1, -0.05) is 13.0 Å². The summed E-state index contributed by atoms with van der Waals surface area (Å²) in [6.45, 7) is 2.07. The van der Waals surface area contributed by atoms with Crippen LogP contribution in [0.1, 0.15) is 49.2 Å². The fraction of sp³-hybridized carbons (Fsp3) is 0.444. The Morgan fingerprint density at radius 2 is 2.00 bits per heavy atom. The maximum Gasteiger partial charge on any atom is 0.171 e. The minimum atomic E-state index is -0.230. The zero-order chi connectivity index (χ0) is 14.7. The third-order valence-electron chi connectivity index (χ3n) is 4.27. The summed E-state index contributed by atoms with van der Waals surface area (Å²) in [5.41, 5.74) is 9.09. The second-order valence-electron chi connectivity index (χ2n) is 5.76. The van der Waals surface area contributed by atoms with Crippen LogP contribution in [0.3, 0.4) is 0 Å². The topological polar surface area (TPSA) is 48.4 Å². The molecule has 3 rings (SSSR count). The highest BCUT2D eigenvalue weighted by molar-refractivity contribution is 5.37. The summed E-state index contributed by atoms with van der Waals surface area (Å²) in [6, 6.07) is 10.2. The molecule has 2 aromatic rings. The summed E-state index contributed by atoms with van der Waals surface area (Å²) in [5.74, 6) is 1.68. The van der Waals surface area contributed by atoms with Gasteiger partial charge in [-0.3, -0.25) is 0 Å². The van der Waals surface area contributed by atoms with Crippen LogP contribution in [0.25, 0.3) is 0 Å². The van der Waals surface area contributed by atoms with Crippen LogP contribution in [0.2, 0.25) is 0 Å². The highest BCUT2D eigenvalue weighted by Crippen LogP contribution is 2.30.